The second-order valence-electron chi connectivity index (χ2n) is 4.37. The van der Waals surface area contributed by atoms with Crippen molar-refractivity contribution in [1.29, 1.82) is 0 Å². The SMILES string of the molecule is C[C@@H](OCC(F)(F)F)C(=O)NCC(=O)N1CCCC1. The molecule has 1 rings (SSSR count). The number of carbonyl (C=O) groups is 2. The molecular weight excluding hydrogens is 265 g/mol. The Kier molecular flexibility index (Phi) is 5.59. The molecule has 5 nitrogen and oxygen atoms in total. The second-order valence-corrected chi connectivity index (χ2v) is 4.37. The van der Waals surface area contributed by atoms with Gasteiger partial charge in [0.2, 0.25) is 11.8 Å². The summed E-state index contributed by atoms with van der Waals surface area (Å²) >= 11 is 0. The molecule has 0 aliphatic carbocycles. The van der Waals surface area contributed by atoms with Crippen LogP contribution in [0.2, 0.25) is 0 Å². The molecule has 1 saturated heterocycles. The Morgan fingerprint density at radius 1 is 1.32 bits per heavy atom. The minimum Gasteiger partial charge on any atom is -0.359 e. The average Bonchev–Trinajstić information content (AvgIpc) is 2.85. The van der Waals surface area contributed by atoms with Crippen LogP contribution in [0.1, 0.15) is 19.8 Å². The molecule has 1 aliphatic heterocycles. The van der Waals surface area contributed by atoms with Gasteiger partial charge in [0, 0.05) is 13.1 Å². The van der Waals surface area contributed by atoms with Gasteiger partial charge in [0.1, 0.15) is 12.7 Å². The van der Waals surface area contributed by atoms with E-state index in [0.717, 1.165) is 12.8 Å². The molecule has 0 saturated carbocycles. The summed E-state index contributed by atoms with van der Waals surface area (Å²) in [5, 5.41) is 2.27. The first kappa shape index (κ1) is 15.7. The lowest BCUT2D eigenvalue weighted by Crippen LogP contribution is -2.43. The molecule has 2 amide bonds. The minimum atomic E-state index is -4.47. The molecule has 1 aliphatic rings. The van der Waals surface area contributed by atoms with Crippen LogP contribution in [-0.2, 0) is 14.3 Å². The van der Waals surface area contributed by atoms with Crippen LogP contribution in [0.15, 0.2) is 0 Å². The molecule has 0 spiro atoms. The number of alkyl halides is 3. The van der Waals surface area contributed by atoms with E-state index in [1.54, 1.807) is 4.90 Å². The summed E-state index contributed by atoms with van der Waals surface area (Å²) in [6, 6.07) is 0. The number of likely N-dealkylation sites (tertiary alicyclic amines) is 1. The van der Waals surface area contributed by atoms with Crippen molar-refractivity contribution in [2.24, 2.45) is 0 Å². The van der Waals surface area contributed by atoms with E-state index >= 15 is 0 Å². The molecule has 1 heterocycles. The van der Waals surface area contributed by atoms with Gasteiger partial charge in [-0.1, -0.05) is 0 Å². The molecule has 8 heteroatoms. The molecule has 0 aromatic heterocycles. The summed E-state index contributed by atoms with van der Waals surface area (Å²) in [7, 11) is 0. The number of hydrogen-bond donors (Lipinski definition) is 1. The fourth-order valence-corrected chi connectivity index (χ4v) is 1.68. The lowest BCUT2D eigenvalue weighted by molar-refractivity contribution is -0.185. The molecule has 1 fully saturated rings. The number of halogens is 3. The molecule has 0 unspecified atom stereocenters. The molecule has 0 bridgehead atoms. The van der Waals surface area contributed by atoms with Crippen LogP contribution < -0.4 is 5.32 Å². The van der Waals surface area contributed by atoms with E-state index in [-0.39, 0.29) is 12.5 Å². The predicted octanol–water partition coefficient (Wildman–Crippen LogP) is 0.692. The Labute approximate surface area is 109 Å². The van der Waals surface area contributed by atoms with Gasteiger partial charge in [-0.05, 0) is 19.8 Å². The van der Waals surface area contributed by atoms with E-state index < -0.39 is 24.8 Å². The van der Waals surface area contributed by atoms with E-state index in [2.05, 4.69) is 10.1 Å². The van der Waals surface area contributed by atoms with Crippen LogP contribution in [0.3, 0.4) is 0 Å². The van der Waals surface area contributed by atoms with Crippen molar-refractivity contribution in [3.8, 4) is 0 Å². The number of carbonyl (C=O) groups excluding carboxylic acids is 2. The summed E-state index contributed by atoms with van der Waals surface area (Å²) in [5.74, 6) is -0.953. The van der Waals surface area contributed by atoms with Gasteiger partial charge in [-0.2, -0.15) is 13.2 Å². The lowest BCUT2D eigenvalue weighted by atomic mass is 10.3. The largest absolute Gasteiger partial charge is 0.411 e. The molecule has 19 heavy (non-hydrogen) atoms. The number of nitrogens with one attached hydrogen (secondary N) is 1. The first-order valence-electron chi connectivity index (χ1n) is 6.03. The maximum absolute atomic E-state index is 11.9. The van der Waals surface area contributed by atoms with Gasteiger partial charge in [-0.3, -0.25) is 9.59 Å². The highest BCUT2D eigenvalue weighted by molar-refractivity contribution is 5.86. The highest BCUT2D eigenvalue weighted by atomic mass is 19.4. The summed E-state index contributed by atoms with van der Waals surface area (Å²) in [6.45, 7) is 0.839. The summed E-state index contributed by atoms with van der Waals surface area (Å²) in [5.41, 5.74) is 0. The molecule has 0 radical (unpaired) electrons. The smallest absolute Gasteiger partial charge is 0.359 e. The van der Waals surface area contributed by atoms with E-state index in [0.29, 0.717) is 13.1 Å². The maximum Gasteiger partial charge on any atom is 0.411 e. The normalized spacial score (nSPS) is 17.4. The average molecular weight is 282 g/mol. The topological polar surface area (TPSA) is 58.6 Å². The number of ether oxygens (including phenoxy) is 1. The van der Waals surface area contributed by atoms with Gasteiger partial charge in [-0.15, -0.1) is 0 Å². The minimum absolute atomic E-state index is 0.210. The molecule has 1 atom stereocenters. The zero-order valence-electron chi connectivity index (χ0n) is 10.6. The fourth-order valence-electron chi connectivity index (χ4n) is 1.68. The van der Waals surface area contributed by atoms with Crippen molar-refractivity contribution in [2.75, 3.05) is 26.2 Å². The standard InChI is InChI=1S/C11H17F3N2O3/c1-8(19-7-11(12,13)14)10(18)15-6-9(17)16-4-2-3-5-16/h8H,2-7H2,1H3,(H,15,18)/t8-/m1/s1. The zero-order chi connectivity index (χ0) is 14.5. The predicted molar refractivity (Wildman–Crippen MR) is 60.3 cm³/mol. The second kappa shape index (κ2) is 6.74. The van der Waals surface area contributed by atoms with E-state index in [1.807, 2.05) is 0 Å². The third-order valence-corrected chi connectivity index (χ3v) is 2.74. The Balaban J connectivity index is 2.24. The summed E-state index contributed by atoms with van der Waals surface area (Å²) < 4.78 is 40.0. The third kappa shape index (κ3) is 5.91. The van der Waals surface area contributed by atoms with Gasteiger partial charge >= 0.3 is 6.18 Å². The van der Waals surface area contributed by atoms with Gasteiger partial charge in [-0.25, -0.2) is 0 Å². The van der Waals surface area contributed by atoms with Crippen molar-refractivity contribution >= 4 is 11.8 Å². The van der Waals surface area contributed by atoms with Crippen LogP contribution >= 0.6 is 0 Å². The number of nitrogens with zero attached hydrogens (tertiary/aromatic N) is 1. The van der Waals surface area contributed by atoms with E-state index in [4.69, 9.17) is 0 Å². The van der Waals surface area contributed by atoms with Crippen molar-refractivity contribution in [3.63, 3.8) is 0 Å². The Hall–Kier alpha value is -1.31. The number of rotatable bonds is 5. The zero-order valence-corrected chi connectivity index (χ0v) is 10.6. The van der Waals surface area contributed by atoms with Gasteiger partial charge in [0.05, 0.1) is 6.54 Å². The first-order valence-corrected chi connectivity index (χ1v) is 6.03. The van der Waals surface area contributed by atoms with Crippen molar-refractivity contribution in [2.45, 2.75) is 32.0 Å². The third-order valence-electron chi connectivity index (χ3n) is 2.74. The highest BCUT2D eigenvalue weighted by Crippen LogP contribution is 2.15. The van der Waals surface area contributed by atoms with Crippen LogP contribution in [0, 0.1) is 0 Å². The fraction of sp³-hybridized carbons (Fsp3) is 0.818. The Morgan fingerprint density at radius 3 is 2.42 bits per heavy atom. The summed E-state index contributed by atoms with van der Waals surface area (Å²) in [4.78, 5) is 24.6. The van der Waals surface area contributed by atoms with Crippen LogP contribution in [-0.4, -0.2) is 55.2 Å². The van der Waals surface area contributed by atoms with Crippen LogP contribution in [0.5, 0.6) is 0 Å². The molecular formula is C11H17F3N2O3. The molecule has 1 N–H and O–H groups in total. The van der Waals surface area contributed by atoms with Crippen molar-refractivity contribution in [3.05, 3.63) is 0 Å². The van der Waals surface area contributed by atoms with E-state index in [1.165, 1.54) is 6.92 Å². The summed E-state index contributed by atoms with van der Waals surface area (Å²) in [6.07, 6.45) is -3.84. The molecule has 0 aromatic rings. The van der Waals surface area contributed by atoms with Crippen molar-refractivity contribution in [1.82, 2.24) is 10.2 Å². The van der Waals surface area contributed by atoms with Gasteiger partial charge in [0.25, 0.3) is 0 Å². The first-order chi connectivity index (χ1) is 8.79. The van der Waals surface area contributed by atoms with E-state index in [9.17, 15) is 22.8 Å². The Bertz CT molecular complexity index is 328. The number of amides is 2. The van der Waals surface area contributed by atoms with Gasteiger partial charge < -0.3 is 15.0 Å². The van der Waals surface area contributed by atoms with Crippen molar-refractivity contribution < 1.29 is 27.5 Å². The lowest BCUT2D eigenvalue weighted by Gasteiger charge is -2.17. The maximum atomic E-state index is 11.9. The molecule has 110 valence electrons. The monoisotopic (exact) mass is 282 g/mol. The van der Waals surface area contributed by atoms with Gasteiger partial charge in [0.15, 0.2) is 0 Å². The quantitative estimate of drug-likeness (QED) is 0.807. The van der Waals surface area contributed by atoms with Crippen LogP contribution in [0.25, 0.3) is 0 Å². The highest BCUT2D eigenvalue weighted by Gasteiger charge is 2.30. The molecule has 0 aromatic carbocycles. The van der Waals surface area contributed by atoms with Crippen LogP contribution in [0.4, 0.5) is 13.2 Å². The Morgan fingerprint density at radius 2 is 1.89 bits per heavy atom. The number of hydrogen-bond acceptors (Lipinski definition) is 3.